The molecule has 1 aliphatic rings. The lowest BCUT2D eigenvalue weighted by Gasteiger charge is -2.34. The summed E-state index contributed by atoms with van der Waals surface area (Å²) in [5.74, 6) is 1.37. The molecule has 19 heavy (non-hydrogen) atoms. The fourth-order valence-corrected chi connectivity index (χ4v) is 3.68. The van der Waals surface area contributed by atoms with Crippen LogP contribution in [0, 0.1) is 11.8 Å². The van der Waals surface area contributed by atoms with Crippen molar-refractivity contribution in [3.05, 3.63) is 15.5 Å². The summed E-state index contributed by atoms with van der Waals surface area (Å²) in [6, 6.07) is 0. The molecule has 4 nitrogen and oxygen atoms in total. The van der Waals surface area contributed by atoms with Crippen molar-refractivity contribution in [2.24, 2.45) is 11.8 Å². The molecule has 2 heterocycles. The Morgan fingerprint density at radius 2 is 2.21 bits per heavy atom. The molecule has 1 N–H and O–H groups in total. The lowest BCUT2D eigenvalue weighted by molar-refractivity contribution is 0.0940. The van der Waals surface area contributed by atoms with Crippen molar-refractivity contribution < 1.29 is 4.79 Å². The predicted molar refractivity (Wildman–Crippen MR) is 78.8 cm³/mol. The molecule has 106 valence electrons. The van der Waals surface area contributed by atoms with Crippen molar-refractivity contribution in [3.63, 3.8) is 0 Å². The van der Waals surface area contributed by atoms with Crippen molar-refractivity contribution in [3.8, 4) is 0 Å². The van der Waals surface area contributed by atoms with Gasteiger partial charge in [-0.1, -0.05) is 25.4 Å². The molecule has 2 rings (SSSR count). The van der Waals surface area contributed by atoms with Crippen LogP contribution in [-0.2, 0) is 0 Å². The van der Waals surface area contributed by atoms with Crippen molar-refractivity contribution in [2.75, 3.05) is 26.2 Å². The van der Waals surface area contributed by atoms with Gasteiger partial charge in [0.25, 0.3) is 5.91 Å². The van der Waals surface area contributed by atoms with Crippen molar-refractivity contribution in [1.29, 1.82) is 0 Å². The molecule has 1 fully saturated rings. The van der Waals surface area contributed by atoms with Gasteiger partial charge in [0.05, 0.1) is 5.51 Å². The van der Waals surface area contributed by atoms with Gasteiger partial charge in [-0.05, 0) is 18.3 Å². The van der Waals surface area contributed by atoms with Crippen LogP contribution in [0.1, 0.15) is 29.9 Å². The van der Waals surface area contributed by atoms with Crippen LogP contribution in [0.5, 0.6) is 0 Å². The van der Waals surface area contributed by atoms with E-state index in [0.29, 0.717) is 16.6 Å². The van der Waals surface area contributed by atoms with Crippen LogP contribution >= 0.6 is 22.9 Å². The van der Waals surface area contributed by atoms with E-state index in [0.717, 1.165) is 31.5 Å². The van der Waals surface area contributed by atoms with E-state index in [2.05, 4.69) is 29.0 Å². The van der Waals surface area contributed by atoms with Gasteiger partial charge >= 0.3 is 0 Å². The van der Waals surface area contributed by atoms with E-state index in [1.165, 1.54) is 17.8 Å². The van der Waals surface area contributed by atoms with Gasteiger partial charge in [0.15, 0.2) is 5.15 Å². The van der Waals surface area contributed by atoms with Crippen molar-refractivity contribution in [2.45, 2.75) is 20.3 Å². The number of rotatable bonds is 4. The highest BCUT2D eigenvalue weighted by atomic mass is 35.5. The molecule has 6 heteroatoms. The first-order chi connectivity index (χ1) is 9.06. The number of aromatic nitrogens is 1. The maximum absolute atomic E-state index is 11.9. The lowest BCUT2D eigenvalue weighted by Crippen LogP contribution is -2.42. The van der Waals surface area contributed by atoms with E-state index in [1.54, 1.807) is 5.51 Å². The smallest absolute Gasteiger partial charge is 0.264 e. The van der Waals surface area contributed by atoms with Crippen LogP contribution < -0.4 is 5.32 Å². The number of carbonyl (C=O) groups excluding carboxylic acids is 1. The molecule has 0 aliphatic carbocycles. The monoisotopic (exact) mass is 301 g/mol. The average Bonchev–Trinajstić information content (AvgIpc) is 2.74. The molecule has 1 aliphatic heterocycles. The summed E-state index contributed by atoms with van der Waals surface area (Å²) in [5.41, 5.74) is 1.59. The quantitative estimate of drug-likeness (QED) is 0.929. The summed E-state index contributed by atoms with van der Waals surface area (Å²) in [4.78, 5) is 18.6. The molecule has 0 unspecified atom stereocenters. The highest BCUT2D eigenvalue weighted by Crippen LogP contribution is 2.20. The number of piperidine rings is 1. The average molecular weight is 302 g/mol. The zero-order valence-corrected chi connectivity index (χ0v) is 12.9. The van der Waals surface area contributed by atoms with Crippen molar-refractivity contribution in [1.82, 2.24) is 15.2 Å². The number of hydrogen-bond donors (Lipinski definition) is 1. The van der Waals surface area contributed by atoms with E-state index < -0.39 is 0 Å². The molecule has 0 radical (unpaired) electrons. The third-order valence-corrected chi connectivity index (χ3v) is 4.61. The number of carbonyl (C=O) groups is 1. The molecule has 0 bridgehead atoms. The predicted octanol–water partition coefficient (Wildman–Crippen LogP) is 2.50. The molecule has 1 saturated heterocycles. The molecule has 1 amide bonds. The van der Waals surface area contributed by atoms with Gasteiger partial charge < -0.3 is 10.2 Å². The molecule has 1 aromatic rings. The highest BCUT2D eigenvalue weighted by molar-refractivity contribution is 7.12. The van der Waals surface area contributed by atoms with Gasteiger partial charge in [-0.3, -0.25) is 4.79 Å². The molecule has 2 atom stereocenters. The second-order valence-electron chi connectivity index (χ2n) is 5.43. The van der Waals surface area contributed by atoms with E-state index >= 15 is 0 Å². The van der Waals surface area contributed by atoms with Crippen LogP contribution in [0.15, 0.2) is 5.51 Å². The standard InChI is InChI=1S/C13H20ClN3OS/c1-9-5-10(2)7-17(6-9)4-3-15-13(18)11-12(14)16-8-19-11/h8-10H,3-7H2,1-2H3,(H,15,18)/t9-,10-/m1/s1. The molecule has 1 aromatic heterocycles. The van der Waals surface area contributed by atoms with E-state index in [-0.39, 0.29) is 5.91 Å². The summed E-state index contributed by atoms with van der Waals surface area (Å²) < 4.78 is 0. The summed E-state index contributed by atoms with van der Waals surface area (Å²) >= 11 is 7.10. The Morgan fingerprint density at radius 3 is 2.79 bits per heavy atom. The summed E-state index contributed by atoms with van der Waals surface area (Å²) in [6.07, 6.45) is 1.30. The van der Waals surface area contributed by atoms with Crippen LogP contribution in [0.4, 0.5) is 0 Å². The normalized spacial score (nSPS) is 24.4. The number of likely N-dealkylation sites (tertiary alicyclic amines) is 1. The maximum atomic E-state index is 11.9. The van der Waals surface area contributed by atoms with Gasteiger partial charge in [-0.2, -0.15) is 0 Å². The number of thiazole rings is 1. The summed E-state index contributed by atoms with van der Waals surface area (Å²) in [5, 5.41) is 3.20. The second-order valence-corrected chi connectivity index (χ2v) is 6.65. The largest absolute Gasteiger partial charge is 0.350 e. The Balaban J connectivity index is 1.75. The summed E-state index contributed by atoms with van der Waals surface area (Å²) in [6.45, 7) is 8.39. The number of nitrogens with zero attached hydrogens (tertiary/aromatic N) is 2. The van der Waals surface area contributed by atoms with Crippen LogP contribution in [0.3, 0.4) is 0 Å². The Labute approximate surface area is 123 Å². The Hall–Kier alpha value is -0.650. The van der Waals surface area contributed by atoms with E-state index in [9.17, 15) is 4.79 Å². The minimum absolute atomic E-state index is 0.120. The first-order valence-corrected chi connectivity index (χ1v) is 7.91. The molecule has 0 aromatic carbocycles. The fraction of sp³-hybridized carbons (Fsp3) is 0.692. The Bertz CT molecular complexity index is 427. The summed E-state index contributed by atoms with van der Waals surface area (Å²) in [7, 11) is 0. The third-order valence-electron chi connectivity index (χ3n) is 3.39. The van der Waals surface area contributed by atoms with Crippen LogP contribution in [0.2, 0.25) is 5.15 Å². The number of amides is 1. The molecule has 0 saturated carbocycles. The first kappa shape index (κ1) is 14.8. The minimum atomic E-state index is -0.120. The Morgan fingerprint density at radius 1 is 1.53 bits per heavy atom. The topological polar surface area (TPSA) is 45.2 Å². The van der Waals surface area contributed by atoms with Gasteiger partial charge in [0.1, 0.15) is 4.88 Å². The van der Waals surface area contributed by atoms with Crippen molar-refractivity contribution >= 4 is 28.8 Å². The zero-order chi connectivity index (χ0) is 13.8. The van der Waals surface area contributed by atoms with Gasteiger partial charge in [-0.15, -0.1) is 11.3 Å². The maximum Gasteiger partial charge on any atom is 0.264 e. The third kappa shape index (κ3) is 4.16. The number of nitrogens with one attached hydrogen (secondary N) is 1. The minimum Gasteiger partial charge on any atom is -0.350 e. The molecule has 0 spiro atoms. The Kier molecular flexibility index (Phi) is 5.19. The van der Waals surface area contributed by atoms with E-state index in [1.807, 2.05) is 0 Å². The van der Waals surface area contributed by atoms with Crippen LogP contribution in [0.25, 0.3) is 0 Å². The van der Waals surface area contributed by atoms with E-state index in [4.69, 9.17) is 11.6 Å². The SMILES string of the molecule is C[C@@H]1C[C@@H](C)CN(CCNC(=O)c2scnc2Cl)C1. The zero-order valence-electron chi connectivity index (χ0n) is 11.4. The fourth-order valence-electron chi connectivity index (χ4n) is 2.76. The van der Waals surface area contributed by atoms with Crippen LogP contribution in [-0.4, -0.2) is 42.0 Å². The first-order valence-electron chi connectivity index (χ1n) is 6.65. The van der Waals surface area contributed by atoms with Gasteiger partial charge in [0, 0.05) is 26.2 Å². The molecular weight excluding hydrogens is 282 g/mol. The highest BCUT2D eigenvalue weighted by Gasteiger charge is 2.21. The van der Waals surface area contributed by atoms with Gasteiger partial charge in [0.2, 0.25) is 0 Å². The van der Waals surface area contributed by atoms with Gasteiger partial charge in [-0.25, -0.2) is 4.98 Å². The number of halogens is 1. The molecular formula is C13H20ClN3OS. The lowest BCUT2D eigenvalue weighted by atomic mass is 9.92. The second kappa shape index (κ2) is 6.68. The number of hydrogen-bond acceptors (Lipinski definition) is 4.